The molecule has 14 N–H and O–H groups in total. The van der Waals surface area contributed by atoms with Gasteiger partial charge in [-0.2, -0.15) is 4.99 Å². The average molecular weight is 725 g/mol. The van der Waals surface area contributed by atoms with Crippen LogP contribution in [-0.2, 0) is 36.8 Å². The summed E-state index contributed by atoms with van der Waals surface area (Å²) in [6.45, 7) is 0.373. The summed E-state index contributed by atoms with van der Waals surface area (Å²) < 4.78 is 0. The van der Waals surface area contributed by atoms with Crippen molar-refractivity contribution < 1.29 is 33.9 Å². The molecule has 2 aromatic carbocycles. The highest BCUT2D eigenvalue weighted by Crippen LogP contribution is 2.23. The number of anilines is 2. The van der Waals surface area contributed by atoms with Crippen LogP contribution < -0.4 is 49.5 Å². The first-order valence-corrected chi connectivity index (χ1v) is 15.5. The average Bonchev–Trinajstić information content (AvgIpc) is 3.07. The Morgan fingerprint density at radius 3 is 2.04 bits per heavy atom. The first-order chi connectivity index (χ1) is 24.1. The van der Waals surface area contributed by atoms with Crippen LogP contribution in [0.4, 0.5) is 11.6 Å². The van der Waals surface area contributed by atoms with Crippen LogP contribution in [0.3, 0.4) is 0 Å². The summed E-state index contributed by atoms with van der Waals surface area (Å²) in [5.74, 6) is -5.77. The number of nitrogens with zero attached hydrogens (tertiary/aromatic N) is 3. The summed E-state index contributed by atoms with van der Waals surface area (Å²) in [6, 6.07) is 11.3. The normalized spacial score (nSPS) is 12.3. The highest BCUT2D eigenvalue weighted by molar-refractivity contribution is 6.32. The maximum Gasteiger partial charge on any atom is 0.302 e. The highest BCUT2D eigenvalue weighted by atomic mass is 35.5. The van der Waals surface area contributed by atoms with Crippen molar-refractivity contribution in [3.8, 4) is 5.75 Å². The number of benzene rings is 2. The predicted molar refractivity (Wildman–Crippen MR) is 186 cm³/mol. The van der Waals surface area contributed by atoms with Gasteiger partial charge in [0, 0.05) is 12.8 Å². The number of aromatic nitrogens is 2. The van der Waals surface area contributed by atoms with Crippen molar-refractivity contribution in [2.24, 2.45) is 22.2 Å². The number of phenols is 1. The number of hydrogen-bond acceptors (Lipinski definition) is 11. The lowest BCUT2D eigenvalue weighted by molar-refractivity contribution is -0.131. The molecule has 3 aromatic rings. The summed E-state index contributed by atoms with van der Waals surface area (Å²) >= 11 is 6.25. The van der Waals surface area contributed by atoms with Gasteiger partial charge in [0.25, 0.3) is 0 Å². The second-order valence-electron chi connectivity index (χ2n) is 10.9. The Balaban J connectivity index is 1.69. The second kappa shape index (κ2) is 18.3. The lowest BCUT2D eigenvalue weighted by atomic mass is 10.0. The van der Waals surface area contributed by atoms with Crippen molar-refractivity contribution in [1.29, 1.82) is 0 Å². The smallest absolute Gasteiger partial charge is 0.302 e. The number of rotatable bonds is 16. The van der Waals surface area contributed by atoms with E-state index in [1.54, 1.807) is 42.5 Å². The van der Waals surface area contributed by atoms with Crippen molar-refractivity contribution in [1.82, 2.24) is 31.2 Å². The highest BCUT2D eigenvalue weighted by Gasteiger charge is 2.27. The van der Waals surface area contributed by atoms with Gasteiger partial charge in [-0.25, -0.2) is 9.97 Å². The van der Waals surface area contributed by atoms with Crippen LogP contribution in [0.5, 0.6) is 5.75 Å². The quantitative estimate of drug-likeness (QED) is 0.0555. The van der Waals surface area contributed by atoms with Crippen LogP contribution in [-0.4, -0.2) is 87.7 Å². The molecule has 20 heteroatoms. The molecule has 0 fully saturated rings. The minimum atomic E-state index is -1.18. The minimum absolute atomic E-state index is 0.0116. The molecular formula is C31H37ClN12O7. The van der Waals surface area contributed by atoms with Crippen LogP contribution in [0.1, 0.15) is 28.5 Å². The molecule has 0 saturated heterocycles. The zero-order valence-electron chi connectivity index (χ0n) is 27.2. The Hall–Kier alpha value is -6.50. The Kier molecular flexibility index (Phi) is 14.0. The first-order valence-electron chi connectivity index (χ1n) is 15.1. The SMILES string of the molecule is C[C@@H](NC(=O)[C@H](Cc1ccc(O)cc1)Nc1nc(N)c(C(=O)N=C(N)N)nc1Cl)C(=O)NCC(=O)N[C@@H](Cc1ccccc1)C(=O)NCC(N)=O. The number of nitrogens with two attached hydrogens (primary N) is 4. The van der Waals surface area contributed by atoms with Gasteiger partial charge < -0.3 is 54.6 Å². The lowest BCUT2D eigenvalue weighted by Gasteiger charge is -2.22. The molecule has 1 aromatic heterocycles. The Bertz CT molecular complexity index is 1790. The third kappa shape index (κ3) is 12.5. The van der Waals surface area contributed by atoms with E-state index in [0.717, 1.165) is 5.56 Å². The van der Waals surface area contributed by atoms with Gasteiger partial charge in [0.2, 0.25) is 29.5 Å². The van der Waals surface area contributed by atoms with E-state index in [2.05, 4.69) is 41.5 Å². The van der Waals surface area contributed by atoms with E-state index in [-0.39, 0.29) is 29.6 Å². The predicted octanol–water partition coefficient (Wildman–Crippen LogP) is -2.20. The number of hydrogen-bond donors (Lipinski definition) is 10. The molecule has 0 bridgehead atoms. The molecule has 270 valence electrons. The van der Waals surface area contributed by atoms with Crippen LogP contribution in [0.15, 0.2) is 59.6 Å². The zero-order chi connectivity index (χ0) is 37.7. The van der Waals surface area contributed by atoms with Gasteiger partial charge in [0.15, 0.2) is 28.4 Å². The fourth-order valence-electron chi connectivity index (χ4n) is 4.39. The molecule has 0 unspecified atom stereocenters. The third-order valence-electron chi connectivity index (χ3n) is 6.86. The third-order valence-corrected chi connectivity index (χ3v) is 7.13. The summed E-state index contributed by atoms with van der Waals surface area (Å²) in [6.07, 6.45) is 0.0679. The second-order valence-corrected chi connectivity index (χ2v) is 11.3. The topological polar surface area (TPSA) is 325 Å². The molecule has 3 rings (SSSR count). The van der Waals surface area contributed by atoms with Gasteiger partial charge in [-0.05, 0) is 30.2 Å². The Morgan fingerprint density at radius 1 is 0.804 bits per heavy atom. The van der Waals surface area contributed by atoms with Crippen LogP contribution in [0, 0.1) is 0 Å². The molecule has 6 amide bonds. The molecule has 0 aliphatic rings. The monoisotopic (exact) mass is 724 g/mol. The molecule has 0 aliphatic carbocycles. The van der Waals surface area contributed by atoms with E-state index in [1.807, 2.05) is 0 Å². The van der Waals surface area contributed by atoms with Crippen molar-refractivity contribution in [2.75, 3.05) is 24.1 Å². The van der Waals surface area contributed by atoms with E-state index >= 15 is 0 Å². The minimum Gasteiger partial charge on any atom is -0.508 e. The van der Waals surface area contributed by atoms with Crippen molar-refractivity contribution in [3.63, 3.8) is 0 Å². The van der Waals surface area contributed by atoms with E-state index in [9.17, 15) is 33.9 Å². The molecule has 0 spiro atoms. The summed E-state index contributed by atoms with van der Waals surface area (Å²) in [5, 5.41) is 21.9. The number of carbonyl (C=O) groups is 6. The van der Waals surface area contributed by atoms with E-state index < -0.39 is 84.1 Å². The molecule has 0 aliphatic heterocycles. The molecule has 0 radical (unpaired) electrons. The number of guanidine groups is 1. The first kappa shape index (κ1) is 38.9. The van der Waals surface area contributed by atoms with E-state index in [4.69, 9.17) is 34.5 Å². The number of aromatic hydroxyl groups is 1. The van der Waals surface area contributed by atoms with Crippen molar-refractivity contribution in [2.45, 2.75) is 37.9 Å². The largest absolute Gasteiger partial charge is 0.508 e. The molecule has 3 atom stereocenters. The molecule has 1 heterocycles. The lowest BCUT2D eigenvalue weighted by Crippen LogP contribution is -2.54. The number of amides is 6. The molecule has 0 saturated carbocycles. The van der Waals surface area contributed by atoms with Gasteiger partial charge in [-0.15, -0.1) is 0 Å². The maximum absolute atomic E-state index is 13.5. The van der Waals surface area contributed by atoms with Crippen molar-refractivity contribution in [3.05, 3.63) is 76.6 Å². The number of phenolic OH excluding ortho intramolecular Hbond substituents is 1. The maximum atomic E-state index is 13.5. The number of nitrogen functional groups attached to an aromatic ring is 1. The Morgan fingerprint density at radius 2 is 1.41 bits per heavy atom. The number of aliphatic imine (C=N–C) groups is 1. The van der Waals surface area contributed by atoms with Crippen LogP contribution in [0.2, 0.25) is 5.15 Å². The standard InChI is InChI=1S/C31H37ClN12O7/c1-15(27(48)38-14-22(47)40-19(28(49)37-13-21(33)46)11-16-5-3-2-4-6-16)39-29(50)20(12-17-7-9-18(45)10-8-17)41-26-24(32)42-23(25(34)43-26)30(51)44-31(35)36/h2-10,15,19-20,45H,11-14H2,1H3,(H2,33,46)(H,37,49)(H,38,48)(H,39,50)(H,40,47)(H3,34,41,43)(H4,35,36,44,51)/t15-,19+,20+/m1/s1. The number of halogens is 1. The molecular weight excluding hydrogens is 688 g/mol. The molecule has 19 nitrogen and oxygen atoms in total. The number of nitrogens with one attached hydrogen (secondary N) is 5. The Labute approximate surface area is 296 Å². The van der Waals surface area contributed by atoms with Gasteiger partial charge in [-0.3, -0.25) is 28.8 Å². The van der Waals surface area contributed by atoms with Crippen molar-refractivity contribution >= 4 is 64.6 Å². The van der Waals surface area contributed by atoms with Gasteiger partial charge >= 0.3 is 5.91 Å². The number of primary amides is 1. The van der Waals surface area contributed by atoms with E-state index in [0.29, 0.717) is 5.56 Å². The van der Waals surface area contributed by atoms with Gasteiger partial charge in [0.05, 0.1) is 13.1 Å². The fourth-order valence-corrected chi connectivity index (χ4v) is 4.57. The van der Waals surface area contributed by atoms with Gasteiger partial charge in [0.1, 0.15) is 23.9 Å². The van der Waals surface area contributed by atoms with Crippen LogP contribution in [0.25, 0.3) is 0 Å². The fraction of sp³-hybridized carbons (Fsp3) is 0.258. The summed E-state index contributed by atoms with van der Waals surface area (Å²) in [5.41, 5.74) is 22.3. The van der Waals surface area contributed by atoms with E-state index in [1.165, 1.54) is 19.1 Å². The number of carbonyl (C=O) groups excluding carboxylic acids is 6. The molecule has 51 heavy (non-hydrogen) atoms. The summed E-state index contributed by atoms with van der Waals surface area (Å²) in [4.78, 5) is 86.5. The zero-order valence-corrected chi connectivity index (χ0v) is 27.9. The summed E-state index contributed by atoms with van der Waals surface area (Å²) in [7, 11) is 0. The van der Waals surface area contributed by atoms with Crippen LogP contribution >= 0.6 is 11.6 Å². The van der Waals surface area contributed by atoms with Gasteiger partial charge in [-0.1, -0.05) is 54.1 Å².